The first-order valence-electron chi connectivity index (χ1n) is 9.89. The molecule has 2 heterocycles. The van der Waals surface area contributed by atoms with E-state index in [0.29, 0.717) is 18.1 Å². The van der Waals surface area contributed by atoms with E-state index in [1.807, 2.05) is 24.3 Å². The number of hydrogen-bond acceptors (Lipinski definition) is 7. The third-order valence-electron chi connectivity index (χ3n) is 5.10. The molecule has 10 heteroatoms. The molecule has 0 radical (unpaired) electrons. The minimum Gasteiger partial charge on any atom is -0.408 e. The SMILES string of the molecule is C[C@H](c1cccc(CCN)c1)n1c(=O)oc2cc(N(O)Nc3cccc(F)n3)c(F)cc21. The molecular formula is C22H21F2N5O3. The minimum atomic E-state index is -0.831. The van der Waals surface area contributed by atoms with Crippen LogP contribution in [-0.4, -0.2) is 21.3 Å². The predicted molar refractivity (Wildman–Crippen MR) is 116 cm³/mol. The number of nitrogens with one attached hydrogen (secondary N) is 1. The maximum atomic E-state index is 14.9. The quantitative estimate of drug-likeness (QED) is 0.297. The first-order valence-corrected chi connectivity index (χ1v) is 9.89. The molecule has 0 amide bonds. The van der Waals surface area contributed by atoms with Crippen LogP contribution in [0.5, 0.6) is 0 Å². The predicted octanol–water partition coefficient (Wildman–Crippen LogP) is 3.60. The number of nitrogens with zero attached hydrogens (tertiary/aromatic N) is 3. The van der Waals surface area contributed by atoms with Crippen molar-refractivity contribution in [2.75, 3.05) is 17.1 Å². The van der Waals surface area contributed by atoms with Gasteiger partial charge in [-0.15, -0.1) is 0 Å². The molecule has 0 saturated heterocycles. The van der Waals surface area contributed by atoms with Crippen LogP contribution in [0.1, 0.15) is 24.1 Å². The lowest BCUT2D eigenvalue weighted by Crippen LogP contribution is -2.27. The zero-order valence-electron chi connectivity index (χ0n) is 17.1. The second-order valence-electron chi connectivity index (χ2n) is 7.24. The molecule has 4 N–H and O–H groups in total. The van der Waals surface area contributed by atoms with Gasteiger partial charge in [0.1, 0.15) is 11.5 Å². The third-order valence-corrected chi connectivity index (χ3v) is 5.10. The number of rotatable bonds is 7. The van der Waals surface area contributed by atoms with Gasteiger partial charge in [0.2, 0.25) is 5.95 Å². The van der Waals surface area contributed by atoms with E-state index in [4.69, 9.17) is 10.2 Å². The van der Waals surface area contributed by atoms with Crippen LogP contribution >= 0.6 is 0 Å². The number of anilines is 2. The van der Waals surface area contributed by atoms with Crippen LogP contribution in [0.2, 0.25) is 0 Å². The van der Waals surface area contributed by atoms with E-state index in [2.05, 4.69) is 10.4 Å². The Morgan fingerprint density at radius 2 is 2.00 bits per heavy atom. The van der Waals surface area contributed by atoms with E-state index in [1.54, 1.807) is 6.92 Å². The number of hydrogen-bond donors (Lipinski definition) is 3. The molecule has 4 aromatic rings. The summed E-state index contributed by atoms with van der Waals surface area (Å²) in [5.41, 5.74) is 9.82. The Balaban J connectivity index is 1.69. The van der Waals surface area contributed by atoms with E-state index in [9.17, 15) is 18.8 Å². The standard InChI is InChI=1S/C22H21F2N5O3/c1-13(15-5-2-4-14(10-15)8-9-25)28-18-11-16(23)17(12-19(18)32-22(28)30)29(31)27-21-7-3-6-20(24)26-21/h2-7,10-13,31H,8-9,25H2,1H3,(H,26,27)/t13-/m1/s1. The van der Waals surface area contributed by atoms with Crippen LogP contribution < -0.4 is 22.1 Å². The van der Waals surface area contributed by atoms with Gasteiger partial charge in [-0.05, 0) is 43.1 Å². The molecular weight excluding hydrogens is 420 g/mol. The Morgan fingerprint density at radius 3 is 2.75 bits per heavy atom. The van der Waals surface area contributed by atoms with E-state index < -0.39 is 23.6 Å². The van der Waals surface area contributed by atoms with Crippen LogP contribution in [0.15, 0.2) is 63.8 Å². The maximum absolute atomic E-state index is 14.9. The largest absolute Gasteiger partial charge is 0.420 e. The van der Waals surface area contributed by atoms with Crippen molar-refractivity contribution in [3.63, 3.8) is 0 Å². The zero-order valence-corrected chi connectivity index (χ0v) is 17.1. The van der Waals surface area contributed by atoms with E-state index in [0.717, 1.165) is 23.3 Å². The lowest BCUT2D eigenvalue weighted by atomic mass is 10.0. The molecule has 0 unspecified atom stereocenters. The summed E-state index contributed by atoms with van der Waals surface area (Å²) < 4.78 is 34.8. The molecule has 0 saturated carbocycles. The summed E-state index contributed by atoms with van der Waals surface area (Å²) in [7, 11) is 0. The molecule has 2 aromatic heterocycles. The second kappa shape index (κ2) is 8.77. The average molecular weight is 441 g/mol. The van der Waals surface area contributed by atoms with Gasteiger partial charge in [-0.3, -0.25) is 15.2 Å². The molecule has 4 rings (SSSR count). The highest BCUT2D eigenvalue weighted by molar-refractivity contribution is 5.78. The summed E-state index contributed by atoms with van der Waals surface area (Å²) in [4.78, 5) is 16.1. The highest BCUT2D eigenvalue weighted by atomic mass is 19.1. The summed E-state index contributed by atoms with van der Waals surface area (Å²) in [6, 6.07) is 13.4. The van der Waals surface area contributed by atoms with E-state index in [1.165, 1.54) is 22.8 Å². The lowest BCUT2D eigenvalue weighted by Gasteiger charge is -2.19. The van der Waals surface area contributed by atoms with Crippen molar-refractivity contribution in [1.29, 1.82) is 0 Å². The van der Waals surface area contributed by atoms with Gasteiger partial charge >= 0.3 is 5.76 Å². The Kier molecular flexibility index (Phi) is 5.89. The molecule has 0 fully saturated rings. The number of nitrogens with two attached hydrogens (primary N) is 1. The highest BCUT2D eigenvalue weighted by Gasteiger charge is 2.21. The average Bonchev–Trinajstić information content (AvgIpc) is 3.07. The minimum absolute atomic E-state index is 0.0444. The van der Waals surface area contributed by atoms with Gasteiger partial charge in [0.15, 0.2) is 11.4 Å². The van der Waals surface area contributed by atoms with Crippen molar-refractivity contribution in [2.24, 2.45) is 5.73 Å². The van der Waals surface area contributed by atoms with Gasteiger partial charge < -0.3 is 10.2 Å². The van der Waals surface area contributed by atoms with Crippen molar-refractivity contribution < 1.29 is 18.4 Å². The number of oxazole rings is 1. The fourth-order valence-corrected chi connectivity index (χ4v) is 3.54. The van der Waals surface area contributed by atoms with Gasteiger partial charge in [-0.2, -0.15) is 9.56 Å². The van der Waals surface area contributed by atoms with Gasteiger partial charge in [0.25, 0.3) is 0 Å². The van der Waals surface area contributed by atoms with E-state index in [-0.39, 0.29) is 22.6 Å². The Morgan fingerprint density at radius 1 is 1.22 bits per heavy atom. The molecule has 0 aliphatic heterocycles. The molecule has 2 aromatic carbocycles. The molecule has 32 heavy (non-hydrogen) atoms. The van der Waals surface area contributed by atoms with Crippen molar-refractivity contribution >= 4 is 22.6 Å². The molecule has 0 bridgehead atoms. The number of benzene rings is 2. The first kappa shape index (κ1) is 21.5. The van der Waals surface area contributed by atoms with Gasteiger partial charge in [-0.25, -0.2) is 14.2 Å². The van der Waals surface area contributed by atoms with Crippen molar-refractivity contribution in [3.8, 4) is 0 Å². The topological polar surface area (TPSA) is 110 Å². The van der Waals surface area contributed by atoms with Gasteiger partial charge in [0.05, 0.1) is 11.6 Å². The number of pyridine rings is 1. The van der Waals surface area contributed by atoms with Crippen LogP contribution in [0.4, 0.5) is 20.3 Å². The van der Waals surface area contributed by atoms with Crippen LogP contribution in [-0.2, 0) is 6.42 Å². The van der Waals surface area contributed by atoms with Crippen molar-refractivity contribution in [3.05, 3.63) is 88.0 Å². The Bertz CT molecular complexity index is 1320. The number of fused-ring (bicyclic) bond motifs is 1. The molecule has 0 spiro atoms. The lowest BCUT2D eigenvalue weighted by molar-refractivity contribution is 0.273. The summed E-state index contributed by atoms with van der Waals surface area (Å²) in [5.74, 6) is -2.32. The number of aromatic nitrogens is 2. The Labute approximate surface area is 181 Å². The summed E-state index contributed by atoms with van der Waals surface area (Å²) in [6.07, 6.45) is 0.694. The van der Waals surface area contributed by atoms with Gasteiger partial charge in [0, 0.05) is 12.1 Å². The maximum Gasteiger partial charge on any atom is 0.420 e. The second-order valence-corrected chi connectivity index (χ2v) is 7.24. The summed E-state index contributed by atoms with van der Waals surface area (Å²) >= 11 is 0. The molecule has 0 aliphatic rings. The summed E-state index contributed by atoms with van der Waals surface area (Å²) in [5, 5.41) is 10.6. The number of hydrazine groups is 1. The zero-order chi connectivity index (χ0) is 22.8. The van der Waals surface area contributed by atoms with E-state index >= 15 is 0 Å². The van der Waals surface area contributed by atoms with Crippen molar-refractivity contribution in [2.45, 2.75) is 19.4 Å². The normalized spacial score (nSPS) is 12.2. The number of halogens is 2. The van der Waals surface area contributed by atoms with Crippen LogP contribution in [0, 0.1) is 11.8 Å². The molecule has 8 nitrogen and oxygen atoms in total. The first-order chi connectivity index (χ1) is 15.4. The summed E-state index contributed by atoms with van der Waals surface area (Å²) in [6.45, 7) is 2.30. The molecule has 1 atom stereocenters. The third kappa shape index (κ3) is 4.18. The van der Waals surface area contributed by atoms with Crippen molar-refractivity contribution in [1.82, 2.24) is 9.55 Å². The Hall–Kier alpha value is -3.76. The van der Waals surface area contributed by atoms with Gasteiger partial charge in [-0.1, -0.05) is 30.3 Å². The fourth-order valence-electron chi connectivity index (χ4n) is 3.54. The van der Waals surface area contributed by atoms with Crippen LogP contribution in [0.3, 0.4) is 0 Å². The highest BCUT2D eigenvalue weighted by Crippen LogP contribution is 2.28. The van der Waals surface area contributed by atoms with Crippen LogP contribution in [0.25, 0.3) is 11.1 Å². The molecule has 0 aliphatic carbocycles. The smallest absolute Gasteiger partial charge is 0.408 e. The fraction of sp³-hybridized carbons (Fsp3) is 0.182. The monoisotopic (exact) mass is 441 g/mol. The molecule has 166 valence electrons.